The third kappa shape index (κ3) is 3.38. The summed E-state index contributed by atoms with van der Waals surface area (Å²) in [6.07, 6.45) is 1.87. The van der Waals surface area contributed by atoms with Gasteiger partial charge < -0.3 is 0 Å². The smallest absolute Gasteiger partial charge is 0.206 e. The highest BCUT2D eigenvalue weighted by atomic mass is 35.5. The topological polar surface area (TPSA) is 29.6 Å². The molecule has 0 N–H and O–H groups in total. The molecule has 0 atom stereocenters. The standard InChI is InChI=1S/C16H14ClN3S2/c1-2-18-16-20(19-10-14-4-3-9-21-14)15(11-22-16)12-5-7-13(17)8-6-12/h3-11H,2H2,1H3. The van der Waals surface area contributed by atoms with Gasteiger partial charge in [-0.05, 0) is 30.5 Å². The van der Waals surface area contributed by atoms with Crippen LogP contribution < -0.4 is 4.80 Å². The van der Waals surface area contributed by atoms with E-state index >= 15 is 0 Å². The molecule has 0 bridgehead atoms. The Hall–Kier alpha value is -1.69. The van der Waals surface area contributed by atoms with Crippen LogP contribution in [0.2, 0.25) is 5.02 Å². The predicted octanol–water partition coefficient (Wildman–Crippen LogP) is 4.73. The minimum absolute atomic E-state index is 0.728. The second-order valence-electron chi connectivity index (χ2n) is 4.46. The Morgan fingerprint density at radius 2 is 2.00 bits per heavy atom. The molecule has 6 heteroatoms. The molecule has 2 heterocycles. The van der Waals surface area contributed by atoms with Crippen molar-refractivity contribution in [3.8, 4) is 11.3 Å². The van der Waals surface area contributed by atoms with E-state index in [1.807, 2.05) is 59.6 Å². The number of rotatable bonds is 4. The summed E-state index contributed by atoms with van der Waals surface area (Å²) in [4.78, 5) is 6.52. The summed E-state index contributed by atoms with van der Waals surface area (Å²) < 4.78 is 1.89. The lowest BCUT2D eigenvalue weighted by molar-refractivity contribution is 0.833. The van der Waals surface area contributed by atoms with Crippen LogP contribution in [-0.4, -0.2) is 17.4 Å². The molecule has 0 aliphatic rings. The van der Waals surface area contributed by atoms with Crippen LogP contribution >= 0.6 is 34.3 Å². The van der Waals surface area contributed by atoms with Gasteiger partial charge in [0.1, 0.15) is 0 Å². The summed E-state index contributed by atoms with van der Waals surface area (Å²) in [5.74, 6) is 0. The Morgan fingerprint density at radius 1 is 1.18 bits per heavy atom. The third-order valence-electron chi connectivity index (χ3n) is 2.96. The van der Waals surface area contributed by atoms with Crippen molar-refractivity contribution < 1.29 is 0 Å². The van der Waals surface area contributed by atoms with Gasteiger partial charge in [0.25, 0.3) is 0 Å². The van der Waals surface area contributed by atoms with Crippen LogP contribution in [0.3, 0.4) is 0 Å². The molecule has 0 unspecified atom stereocenters. The first kappa shape index (κ1) is 15.2. The second kappa shape index (κ2) is 7.05. The van der Waals surface area contributed by atoms with Gasteiger partial charge in [-0.25, -0.2) is 4.68 Å². The van der Waals surface area contributed by atoms with Crippen LogP contribution in [0.5, 0.6) is 0 Å². The van der Waals surface area contributed by atoms with Gasteiger partial charge >= 0.3 is 0 Å². The Bertz CT molecular complexity index is 827. The molecule has 2 aromatic heterocycles. The molecule has 0 fully saturated rings. The number of hydrogen-bond acceptors (Lipinski definition) is 4. The summed E-state index contributed by atoms with van der Waals surface area (Å²) in [5.41, 5.74) is 2.09. The summed E-state index contributed by atoms with van der Waals surface area (Å²) >= 11 is 9.22. The fourth-order valence-corrected chi connectivity index (χ4v) is 3.56. The first-order valence-electron chi connectivity index (χ1n) is 6.83. The molecule has 3 rings (SSSR count). The van der Waals surface area contributed by atoms with Gasteiger partial charge in [-0.2, -0.15) is 5.10 Å². The molecule has 112 valence electrons. The van der Waals surface area contributed by atoms with Gasteiger partial charge in [0.15, 0.2) is 0 Å². The first-order chi connectivity index (χ1) is 10.8. The van der Waals surface area contributed by atoms with E-state index in [0.717, 1.165) is 32.5 Å². The maximum atomic E-state index is 5.97. The zero-order valence-electron chi connectivity index (χ0n) is 11.9. The molecular weight excluding hydrogens is 334 g/mol. The van der Waals surface area contributed by atoms with Gasteiger partial charge in [-0.1, -0.05) is 29.8 Å². The van der Waals surface area contributed by atoms with Crippen LogP contribution in [-0.2, 0) is 0 Å². The van der Waals surface area contributed by atoms with E-state index in [0.29, 0.717) is 0 Å². The molecule has 0 amide bonds. The number of thiazole rings is 1. The van der Waals surface area contributed by atoms with E-state index in [9.17, 15) is 0 Å². The number of aromatic nitrogens is 1. The van der Waals surface area contributed by atoms with Crippen molar-refractivity contribution in [2.24, 2.45) is 10.1 Å². The third-order valence-corrected chi connectivity index (χ3v) is 4.88. The van der Waals surface area contributed by atoms with Gasteiger partial charge in [0, 0.05) is 27.4 Å². The number of benzene rings is 1. The minimum Gasteiger partial charge on any atom is -0.258 e. The maximum Gasteiger partial charge on any atom is 0.206 e. The maximum absolute atomic E-state index is 5.97. The minimum atomic E-state index is 0.728. The fraction of sp³-hybridized carbons (Fsp3) is 0.125. The molecule has 3 aromatic rings. The zero-order valence-corrected chi connectivity index (χ0v) is 14.3. The zero-order chi connectivity index (χ0) is 15.4. The summed E-state index contributed by atoms with van der Waals surface area (Å²) in [5, 5.41) is 9.45. The van der Waals surface area contributed by atoms with E-state index in [1.165, 1.54) is 0 Å². The second-order valence-corrected chi connectivity index (χ2v) is 6.71. The van der Waals surface area contributed by atoms with Crippen molar-refractivity contribution in [3.63, 3.8) is 0 Å². The molecule has 0 aliphatic carbocycles. The summed E-state index contributed by atoms with van der Waals surface area (Å²) in [6, 6.07) is 11.8. The van der Waals surface area contributed by atoms with Gasteiger partial charge in [0.2, 0.25) is 4.80 Å². The SMILES string of the molecule is CCN=c1scc(-c2ccc(Cl)cc2)n1N=Cc1cccs1. The molecule has 3 nitrogen and oxygen atoms in total. The first-order valence-corrected chi connectivity index (χ1v) is 8.96. The van der Waals surface area contributed by atoms with Crippen molar-refractivity contribution in [3.05, 3.63) is 61.9 Å². The summed E-state index contributed by atoms with van der Waals surface area (Å²) in [6.45, 7) is 2.75. The molecular formula is C16H14ClN3S2. The van der Waals surface area contributed by atoms with E-state index in [1.54, 1.807) is 22.7 Å². The molecule has 0 saturated carbocycles. The Morgan fingerprint density at radius 3 is 2.68 bits per heavy atom. The molecule has 1 aromatic carbocycles. The quantitative estimate of drug-likeness (QED) is 0.610. The van der Waals surface area contributed by atoms with Crippen molar-refractivity contribution in [1.82, 2.24) is 4.68 Å². The van der Waals surface area contributed by atoms with Crippen LogP contribution in [0.4, 0.5) is 0 Å². The van der Waals surface area contributed by atoms with Crippen molar-refractivity contribution in [1.29, 1.82) is 0 Å². The van der Waals surface area contributed by atoms with E-state index in [2.05, 4.69) is 15.5 Å². The summed E-state index contributed by atoms with van der Waals surface area (Å²) in [7, 11) is 0. The van der Waals surface area contributed by atoms with Crippen molar-refractivity contribution in [2.75, 3.05) is 6.54 Å². The lowest BCUT2D eigenvalue weighted by Gasteiger charge is -2.03. The average Bonchev–Trinajstić information content (AvgIpc) is 3.16. The lowest BCUT2D eigenvalue weighted by Crippen LogP contribution is -2.12. The molecule has 0 aliphatic heterocycles. The van der Waals surface area contributed by atoms with E-state index in [4.69, 9.17) is 11.6 Å². The Kier molecular flexibility index (Phi) is 4.87. The fourth-order valence-electron chi connectivity index (χ4n) is 1.95. The van der Waals surface area contributed by atoms with Crippen LogP contribution in [0.25, 0.3) is 11.3 Å². The molecule has 22 heavy (non-hydrogen) atoms. The molecule has 0 saturated heterocycles. The highest BCUT2D eigenvalue weighted by Gasteiger charge is 2.07. The van der Waals surface area contributed by atoms with Crippen molar-refractivity contribution >= 4 is 40.5 Å². The largest absolute Gasteiger partial charge is 0.258 e. The van der Waals surface area contributed by atoms with Crippen LogP contribution in [0.15, 0.2) is 57.3 Å². The normalized spacial score (nSPS) is 12.4. The number of nitrogens with zero attached hydrogens (tertiary/aromatic N) is 3. The average molecular weight is 348 g/mol. The van der Waals surface area contributed by atoms with E-state index in [-0.39, 0.29) is 0 Å². The number of hydrogen-bond donors (Lipinski definition) is 0. The highest BCUT2D eigenvalue weighted by Crippen LogP contribution is 2.22. The van der Waals surface area contributed by atoms with Gasteiger partial charge in [-0.3, -0.25) is 4.99 Å². The van der Waals surface area contributed by atoms with E-state index < -0.39 is 0 Å². The molecule has 0 spiro atoms. The van der Waals surface area contributed by atoms with Crippen LogP contribution in [0.1, 0.15) is 11.8 Å². The molecule has 0 radical (unpaired) electrons. The lowest BCUT2D eigenvalue weighted by atomic mass is 10.2. The highest BCUT2D eigenvalue weighted by molar-refractivity contribution is 7.11. The predicted molar refractivity (Wildman–Crippen MR) is 96.2 cm³/mol. The number of thiophene rings is 1. The number of halogens is 1. The monoisotopic (exact) mass is 347 g/mol. The Labute approximate surface area is 141 Å². The Balaban J connectivity index is 2.07. The van der Waals surface area contributed by atoms with Gasteiger partial charge in [-0.15, -0.1) is 22.7 Å². The van der Waals surface area contributed by atoms with Crippen LogP contribution in [0, 0.1) is 0 Å². The van der Waals surface area contributed by atoms with Crippen molar-refractivity contribution in [2.45, 2.75) is 6.92 Å². The van der Waals surface area contributed by atoms with Gasteiger partial charge in [0.05, 0.1) is 11.9 Å².